The van der Waals surface area contributed by atoms with Crippen LogP contribution in [0.4, 0.5) is 0 Å². The number of likely N-dealkylation sites (tertiary alicyclic amines) is 1. The lowest BCUT2D eigenvalue weighted by Crippen LogP contribution is -2.61. The van der Waals surface area contributed by atoms with Crippen LogP contribution in [0.3, 0.4) is 0 Å². The van der Waals surface area contributed by atoms with Crippen molar-refractivity contribution in [1.29, 1.82) is 0 Å². The van der Waals surface area contributed by atoms with Crippen LogP contribution >= 0.6 is 0 Å². The Morgan fingerprint density at radius 1 is 1.21 bits per heavy atom. The highest BCUT2D eigenvalue weighted by Gasteiger charge is 2.44. The lowest BCUT2D eigenvalue weighted by molar-refractivity contribution is -0.0670. The van der Waals surface area contributed by atoms with Crippen molar-refractivity contribution in [3.63, 3.8) is 0 Å². The Hall–Kier alpha value is -0.0800. The average molecular weight is 197 g/mol. The van der Waals surface area contributed by atoms with Gasteiger partial charge in [-0.2, -0.15) is 0 Å². The van der Waals surface area contributed by atoms with Crippen LogP contribution in [-0.2, 0) is 0 Å². The van der Waals surface area contributed by atoms with Gasteiger partial charge in [-0.15, -0.1) is 0 Å². The molecule has 2 heteroatoms. The monoisotopic (exact) mass is 197 g/mol. The molecule has 1 atom stereocenters. The molecule has 82 valence electrons. The first-order valence-corrected chi connectivity index (χ1v) is 6.14. The van der Waals surface area contributed by atoms with E-state index in [1.54, 1.807) is 0 Å². The quantitative estimate of drug-likeness (QED) is 0.748. The molecule has 1 heterocycles. The maximum atomic E-state index is 9.21. The molecule has 0 radical (unpaired) electrons. The molecule has 0 bridgehead atoms. The van der Waals surface area contributed by atoms with E-state index in [0.717, 1.165) is 6.42 Å². The van der Waals surface area contributed by atoms with E-state index in [0.29, 0.717) is 18.1 Å². The summed E-state index contributed by atoms with van der Waals surface area (Å²) in [7, 11) is 0. The van der Waals surface area contributed by atoms with Gasteiger partial charge >= 0.3 is 0 Å². The first-order chi connectivity index (χ1) is 6.79. The van der Waals surface area contributed by atoms with Crippen molar-refractivity contribution in [1.82, 2.24) is 4.90 Å². The van der Waals surface area contributed by atoms with E-state index >= 15 is 0 Å². The molecule has 0 aromatic heterocycles. The molecule has 0 aromatic rings. The lowest BCUT2D eigenvalue weighted by atomic mass is 9.68. The molecule has 2 aliphatic rings. The largest absolute Gasteiger partial charge is 0.395 e. The number of hydrogen-bond donors (Lipinski definition) is 1. The number of hydrogen-bond acceptors (Lipinski definition) is 2. The minimum Gasteiger partial charge on any atom is -0.395 e. The fraction of sp³-hybridized carbons (Fsp3) is 1.00. The van der Waals surface area contributed by atoms with Gasteiger partial charge in [0.05, 0.1) is 6.61 Å². The third-order valence-electron chi connectivity index (χ3n) is 4.19. The van der Waals surface area contributed by atoms with E-state index < -0.39 is 0 Å². The van der Waals surface area contributed by atoms with Gasteiger partial charge in [0.25, 0.3) is 0 Å². The number of aliphatic hydroxyl groups is 1. The van der Waals surface area contributed by atoms with Crippen LogP contribution in [0.5, 0.6) is 0 Å². The smallest absolute Gasteiger partial charge is 0.0586 e. The fourth-order valence-electron chi connectivity index (χ4n) is 3.19. The summed E-state index contributed by atoms with van der Waals surface area (Å²) in [4.78, 5) is 2.48. The maximum Gasteiger partial charge on any atom is 0.0586 e. The molecule has 0 amide bonds. The Labute approximate surface area is 87.3 Å². The van der Waals surface area contributed by atoms with Crippen LogP contribution in [0.1, 0.15) is 45.4 Å². The summed E-state index contributed by atoms with van der Waals surface area (Å²) in [6.45, 7) is 5.03. The second kappa shape index (κ2) is 4.19. The molecule has 1 N–H and O–H groups in total. The third kappa shape index (κ3) is 1.82. The van der Waals surface area contributed by atoms with Gasteiger partial charge in [0, 0.05) is 19.1 Å². The molecule has 2 rings (SSSR count). The topological polar surface area (TPSA) is 23.5 Å². The van der Waals surface area contributed by atoms with Gasteiger partial charge in [0.1, 0.15) is 0 Å². The van der Waals surface area contributed by atoms with E-state index in [2.05, 4.69) is 11.8 Å². The zero-order valence-corrected chi connectivity index (χ0v) is 9.34. The Morgan fingerprint density at radius 2 is 1.86 bits per heavy atom. The van der Waals surface area contributed by atoms with Crippen molar-refractivity contribution >= 4 is 0 Å². The van der Waals surface area contributed by atoms with Crippen LogP contribution in [0, 0.1) is 5.41 Å². The van der Waals surface area contributed by atoms with Crippen molar-refractivity contribution in [2.45, 2.75) is 51.5 Å². The zero-order valence-electron chi connectivity index (χ0n) is 9.34. The summed E-state index contributed by atoms with van der Waals surface area (Å²) < 4.78 is 0. The van der Waals surface area contributed by atoms with Crippen molar-refractivity contribution < 1.29 is 5.11 Å². The minimum atomic E-state index is 0.340. The van der Waals surface area contributed by atoms with Gasteiger partial charge < -0.3 is 5.11 Å². The first-order valence-electron chi connectivity index (χ1n) is 6.14. The lowest BCUT2D eigenvalue weighted by Gasteiger charge is -2.55. The molecule has 0 unspecified atom stereocenters. The Morgan fingerprint density at radius 3 is 2.36 bits per heavy atom. The fourth-order valence-corrected chi connectivity index (χ4v) is 3.19. The van der Waals surface area contributed by atoms with Crippen molar-refractivity contribution in [2.75, 3.05) is 19.7 Å². The average Bonchev–Trinajstić information content (AvgIpc) is 2.19. The predicted molar refractivity (Wildman–Crippen MR) is 58.3 cm³/mol. The standard InChI is InChI=1S/C12H23NO/c1-2-11(8-14)13-9-12(10-13)6-4-3-5-7-12/h11,14H,2-10H2,1H3/t11-/m1/s1. The van der Waals surface area contributed by atoms with Gasteiger partial charge in [-0.05, 0) is 24.7 Å². The zero-order chi connectivity index (χ0) is 10.0. The SMILES string of the molecule is CC[C@H](CO)N1CC2(CCCCC2)C1. The molecule has 0 aromatic carbocycles. The normalized spacial score (nSPS) is 28.7. The molecule has 1 saturated carbocycles. The Bertz CT molecular complexity index is 175. The Balaban J connectivity index is 1.82. The van der Waals surface area contributed by atoms with E-state index in [1.807, 2.05) is 0 Å². The molecule has 2 fully saturated rings. The highest BCUT2D eigenvalue weighted by atomic mass is 16.3. The molecule has 2 nitrogen and oxygen atoms in total. The van der Waals surface area contributed by atoms with Crippen LogP contribution in [0.15, 0.2) is 0 Å². The van der Waals surface area contributed by atoms with Crippen molar-refractivity contribution in [3.8, 4) is 0 Å². The second-order valence-electron chi connectivity index (χ2n) is 5.21. The summed E-state index contributed by atoms with van der Waals surface area (Å²) in [6, 6.07) is 0.433. The molecule has 1 saturated heterocycles. The van der Waals surface area contributed by atoms with E-state index in [-0.39, 0.29) is 0 Å². The summed E-state index contributed by atoms with van der Waals surface area (Å²) in [5, 5.41) is 9.21. The minimum absolute atomic E-state index is 0.340. The molecular formula is C12H23NO. The van der Waals surface area contributed by atoms with Crippen molar-refractivity contribution in [2.24, 2.45) is 5.41 Å². The number of nitrogens with zero attached hydrogens (tertiary/aromatic N) is 1. The summed E-state index contributed by atoms with van der Waals surface area (Å²) in [6.07, 6.45) is 8.27. The van der Waals surface area contributed by atoms with Gasteiger partial charge in [-0.1, -0.05) is 26.2 Å². The third-order valence-corrected chi connectivity index (χ3v) is 4.19. The number of aliphatic hydroxyl groups excluding tert-OH is 1. The van der Waals surface area contributed by atoms with E-state index in [1.165, 1.54) is 45.2 Å². The van der Waals surface area contributed by atoms with Gasteiger partial charge in [0.2, 0.25) is 0 Å². The maximum absolute atomic E-state index is 9.21. The molecule has 1 aliphatic heterocycles. The summed E-state index contributed by atoms with van der Waals surface area (Å²) in [5.41, 5.74) is 0.668. The molecule has 14 heavy (non-hydrogen) atoms. The molecule has 1 aliphatic carbocycles. The summed E-state index contributed by atoms with van der Waals surface area (Å²) in [5.74, 6) is 0. The van der Waals surface area contributed by atoms with Crippen LogP contribution in [0.2, 0.25) is 0 Å². The van der Waals surface area contributed by atoms with Gasteiger partial charge in [-0.3, -0.25) is 4.90 Å². The predicted octanol–water partition coefficient (Wildman–Crippen LogP) is 2.02. The van der Waals surface area contributed by atoms with Crippen LogP contribution in [-0.4, -0.2) is 35.7 Å². The second-order valence-corrected chi connectivity index (χ2v) is 5.21. The highest BCUT2D eigenvalue weighted by Crippen LogP contribution is 2.44. The Kier molecular flexibility index (Phi) is 3.13. The van der Waals surface area contributed by atoms with Crippen LogP contribution < -0.4 is 0 Å². The molecule has 1 spiro atoms. The van der Waals surface area contributed by atoms with E-state index in [9.17, 15) is 5.11 Å². The first kappa shape index (κ1) is 10.4. The highest BCUT2D eigenvalue weighted by molar-refractivity contribution is 4.98. The number of rotatable bonds is 3. The van der Waals surface area contributed by atoms with Gasteiger partial charge in [-0.25, -0.2) is 0 Å². The van der Waals surface area contributed by atoms with Gasteiger partial charge in [0.15, 0.2) is 0 Å². The summed E-state index contributed by atoms with van der Waals surface area (Å²) >= 11 is 0. The van der Waals surface area contributed by atoms with Crippen LogP contribution in [0.25, 0.3) is 0 Å². The van der Waals surface area contributed by atoms with E-state index in [4.69, 9.17) is 0 Å². The molecular weight excluding hydrogens is 174 g/mol. The van der Waals surface area contributed by atoms with Crippen molar-refractivity contribution in [3.05, 3.63) is 0 Å².